The lowest BCUT2D eigenvalue weighted by Gasteiger charge is -2.40. The standard InChI is InChI=1S/C18H24N2O/c1-13-11-20(12-14(2)21-13)18(10-19)17-9-5-7-15-6-3-4-8-16(15)17/h3-9,13-14,18H,10-12,19H2,1-2H3/t13-,14+,18?. The molecule has 21 heavy (non-hydrogen) atoms. The molecule has 3 atom stereocenters. The molecule has 2 aromatic rings. The highest BCUT2D eigenvalue weighted by molar-refractivity contribution is 5.86. The first-order valence-electron chi connectivity index (χ1n) is 7.76. The van der Waals surface area contributed by atoms with Crippen LogP contribution in [0.3, 0.4) is 0 Å². The smallest absolute Gasteiger partial charge is 0.0678 e. The number of morpholine rings is 1. The summed E-state index contributed by atoms with van der Waals surface area (Å²) in [7, 11) is 0. The van der Waals surface area contributed by atoms with E-state index < -0.39 is 0 Å². The largest absolute Gasteiger partial charge is 0.373 e. The number of rotatable bonds is 3. The van der Waals surface area contributed by atoms with Crippen LogP contribution in [-0.4, -0.2) is 36.7 Å². The van der Waals surface area contributed by atoms with Crippen molar-refractivity contribution >= 4 is 10.8 Å². The quantitative estimate of drug-likeness (QED) is 0.942. The normalized spacial score (nSPS) is 25.1. The highest BCUT2D eigenvalue weighted by atomic mass is 16.5. The highest BCUT2D eigenvalue weighted by Gasteiger charge is 2.28. The van der Waals surface area contributed by atoms with Gasteiger partial charge < -0.3 is 10.5 Å². The number of benzene rings is 2. The van der Waals surface area contributed by atoms with Crippen LogP contribution in [0.1, 0.15) is 25.5 Å². The molecule has 0 radical (unpaired) electrons. The third-order valence-electron chi connectivity index (χ3n) is 4.29. The van der Waals surface area contributed by atoms with Crippen molar-refractivity contribution in [1.82, 2.24) is 4.90 Å². The molecule has 0 aliphatic carbocycles. The Hall–Kier alpha value is -1.42. The van der Waals surface area contributed by atoms with Crippen LogP contribution in [0.4, 0.5) is 0 Å². The first kappa shape index (κ1) is 14.5. The molecule has 3 rings (SSSR count). The molecule has 3 nitrogen and oxygen atoms in total. The fourth-order valence-corrected chi connectivity index (χ4v) is 3.49. The van der Waals surface area contributed by atoms with Crippen molar-refractivity contribution < 1.29 is 4.74 Å². The van der Waals surface area contributed by atoms with Crippen LogP contribution in [0.2, 0.25) is 0 Å². The molecule has 1 saturated heterocycles. The number of hydrogen-bond acceptors (Lipinski definition) is 3. The molecule has 112 valence electrons. The van der Waals surface area contributed by atoms with Crippen LogP contribution < -0.4 is 5.73 Å². The summed E-state index contributed by atoms with van der Waals surface area (Å²) in [5.41, 5.74) is 7.47. The van der Waals surface area contributed by atoms with E-state index in [0.717, 1.165) is 13.1 Å². The van der Waals surface area contributed by atoms with Gasteiger partial charge in [0.25, 0.3) is 0 Å². The fourth-order valence-electron chi connectivity index (χ4n) is 3.49. The second-order valence-electron chi connectivity index (χ2n) is 6.03. The van der Waals surface area contributed by atoms with Crippen LogP contribution in [0, 0.1) is 0 Å². The van der Waals surface area contributed by atoms with Crippen molar-refractivity contribution in [2.45, 2.75) is 32.1 Å². The summed E-state index contributed by atoms with van der Waals surface area (Å²) in [5, 5.41) is 2.59. The van der Waals surface area contributed by atoms with Gasteiger partial charge in [-0.15, -0.1) is 0 Å². The molecule has 0 aromatic heterocycles. The van der Waals surface area contributed by atoms with E-state index in [9.17, 15) is 0 Å². The van der Waals surface area contributed by atoms with Gasteiger partial charge in [0.2, 0.25) is 0 Å². The molecule has 1 fully saturated rings. The molecule has 0 spiro atoms. The number of fused-ring (bicyclic) bond motifs is 1. The number of nitrogens with zero attached hydrogens (tertiary/aromatic N) is 1. The monoisotopic (exact) mass is 284 g/mol. The van der Waals surface area contributed by atoms with Crippen LogP contribution in [0.15, 0.2) is 42.5 Å². The summed E-state index contributed by atoms with van der Waals surface area (Å²) in [6, 6.07) is 15.3. The lowest BCUT2D eigenvalue weighted by Crippen LogP contribution is -2.48. The Kier molecular flexibility index (Phi) is 4.24. The Labute approximate surface area is 126 Å². The summed E-state index contributed by atoms with van der Waals surface area (Å²) >= 11 is 0. The molecule has 2 N–H and O–H groups in total. The number of hydrogen-bond donors (Lipinski definition) is 1. The van der Waals surface area contributed by atoms with Gasteiger partial charge in [0.15, 0.2) is 0 Å². The molecule has 1 aliphatic heterocycles. The van der Waals surface area contributed by atoms with Crippen LogP contribution in [0.5, 0.6) is 0 Å². The molecule has 1 unspecified atom stereocenters. The summed E-state index contributed by atoms with van der Waals surface area (Å²) in [6.45, 7) is 6.79. The summed E-state index contributed by atoms with van der Waals surface area (Å²) < 4.78 is 5.85. The van der Waals surface area contributed by atoms with E-state index in [-0.39, 0.29) is 18.2 Å². The zero-order valence-electron chi connectivity index (χ0n) is 12.8. The van der Waals surface area contributed by atoms with E-state index in [0.29, 0.717) is 6.54 Å². The molecular formula is C18H24N2O. The molecular weight excluding hydrogens is 260 g/mol. The lowest BCUT2D eigenvalue weighted by atomic mass is 9.96. The van der Waals surface area contributed by atoms with Crippen LogP contribution in [0.25, 0.3) is 10.8 Å². The summed E-state index contributed by atoms with van der Waals surface area (Å²) in [4.78, 5) is 2.47. The van der Waals surface area contributed by atoms with Gasteiger partial charge in [0.05, 0.1) is 12.2 Å². The molecule has 1 heterocycles. The first-order valence-corrected chi connectivity index (χ1v) is 7.76. The second kappa shape index (κ2) is 6.14. The van der Waals surface area contributed by atoms with Crippen molar-refractivity contribution in [1.29, 1.82) is 0 Å². The van der Waals surface area contributed by atoms with E-state index in [2.05, 4.69) is 61.2 Å². The zero-order chi connectivity index (χ0) is 14.8. The average Bonchev–Trinajstić information content (AvgIpc) is 2.47. The van der Waals surface area contributed by atoms with Crippen molar-refractivity contribution in [2.75, 3.05) is 19.6 Å². The van der Waals surface area contributed by atoms with Gasteiger partial charge in [-0.05, 0) is 30.2 Å². The fraction of sp³-hybridized carbons (Fsp3) is 0.444. The van der Waals surface area contributed by atoms with E-state index >= 15 is 0 Å². The minimum atomic E-state index is 0.255. The van der Waals surface area contributed by atoms with E-state index in [1.165, 1.54) is 16.3 Å². The van der Waals surface area contributed by atoms with Crippen molar-refractivity contribution in [3.63, 3.8) is 0 Å². The minimum Gasteiger partial charge on any atom is -0.373 e. The van der Waals surface area contributed by atoms with Gasteiger partial charge in [-0.25, -0.2) is 0 Å². The molecule has 0 amide bonds. The molecule has 2 aromatic carbocycles. The van der Waals surface area contributed by atoms with Gasteiger partial charge in [0.1, 0.15) is 0 Å². The van der Waals surface area contributed by atoms with Gasteiger partial charge in [0, 0.05) is 25.7 Å². The average molecular weight is 284 g/mol. The third-order valence-corrected chi connectivity index (χ3v) is 4.29. The highest BCUT2D eigenvalue weighted by Crippen LogP contribution is 2.29. The Bertz CT molecular complexity index is 598. The number of nitrogens with two attached hydrogens (primary N) is 1. The topological polar surface area (TPSA) is 38.5 Å². The Morgan fingerprint density at radius 3 is 2.48 bits per heavy atom. The molecule has 1 aliphatic rings. The Morgan fingerprint density at radius 1 is 1.10 bits per heavy atom. The van der Waals surface area contributed by atoms with E-state index in [1.807, 2.05) is 0 Å². The molecule has 0 saturated carbocycles. The Balaban J connectivity index is 1.98. The van der Waals surface area contributed by atoms with Crippen molar-refractivity contribution in [3.8, 4) is 0 Å². The van der Waals surface area contributed by atoms with Gasteiger partial charge in [-0.3, -0.25) is 4.90 Å². The SMILES string of the molecule is C[C@@H]1CN(C(CN)c2cccc3ccccc23)C[C@H](C)O1. The summed E-state index contributed by atoms with van der Waals surface area (Å²) in [5.74, 6) is 0. The van der Waals surface area contributed by atoms with Gasteiger partial charge >= 0.3 is 0 Å². The van der Waals surface area contributed by atoms with Gasteiger partial charge in [-0.2, -0.15) is 0 Å². The Morgan fingerprint density at radius 2 is 1.76 bits per heavy atom. The molecule has 0 bridgehead atoms. The van der Waals surface area contributed by atoms with Crippen molar-refractivity contribution in [2.24, 2.45) is 5.73 Å². The summed E-state index contributed by atoms with van der Waals surface area (Å²) in [6.07, 6.45) is 0.524. The first-order chi connectivity index (χ1) is 10.2. The zero-order valence-corrected chi connectivity index (χ0v) is 12.8. The van der Waals surface area contributed by atoms with Gasteiger partial charge in [-0.1, -0.05) is 42.5 Å². The second-order valence-corrected chi connectivity index (χ2v) is 6.03. The predicted molar refractivity (Wildman–Crippen MR) is 87.3 cm³/mol. The third kappa shape index (κ3) is 2.95. The number of ether oxygens (including phenoxy) is 1. The molecule has 3 heteroatoms. The maximum absolute atomic E-state index is 6.14. The van der Waals surface area contributed by atoms with E-state index in [1.54, 1.807) is 0 Å². The minimum absolute atomic E-state index is 0.255. The van der Waals surface area contributed by atoms with Crippen LogP contribution >= 0.6 is 0 Å². The van der Waals surface area contributed by atoms with E-state index in [4.69, 9.17) is 10.5 Å². The van der Waals surface area contributed by atoms with Crippen LogP contribution in [-0.2, 0) is 4.74 Å². The maximum atomic E-state index is 6.14. The van der Waals surface area contributed by atoms with Crippen molar-refractivity contribution in [3.05, 3.63) is 48.0 Å². The predicted octanol–water partition coefficient (Wildman–Crippen LogP) is 2.95. The maximum Gasteiger partial charge on any atom is 0.0678 e. The lowest BCUT2D eigenvalue weighted by molar-refractivity contribution is -0.0797.